The van der Waals surface area contributed by atoms with Gasteiger partial charge in [-0.1, -0.05) is 6.92 Å². The highest BCUT2D eigenvalue weighted by atomic mass is 16.5. The minimum Gasteiger partial charge on any atom is -0.492 e. The molecule has 0 unspecified atom stereocenters. The number of hydrogen-bond donors (Lipinski definition) is 1. The van der Waals surface area contributed by atoms with Gasteiger partial charge in [0.05, 0.1) is 18.9 Å². The van der Waals surface area contributed by atoms with Crippen molar-refractivity contribution in [3.8, 4) is 17.0 Å². The molecule has 0 amide bonds. The van der Waals surface area contributed by atoms with Gasteiger partial charge >= 0.3 is 0 Å². The number of rotatable bonds is 9. The van der Waals surface area contributed by atoms with Crippen LogP contribution in [-0.2, 0) is 11.3 Å². The van der Waals surface area contributed by atoms with Crippen molar-refractivity contribution in [2.24, 2.45) is 0 Å². The van der Waals surface area contributed by atoms with E-state index in [4.69, 9.17) is 9.47 Å². The number of aromatic amines is 1. The van der Waals surface area contributed by atoms with Crippen molar-refractivity contribution < 1.29 is 9.47 Å². The lowest BCUT2D eigenvalue weighted by Crippen LogP contribution is -2.38. The number of hydrogen-bond acceptors (Lipinski definition) is 5. The predicted molar refractivity (Wildman–Crippen MR) is 103 cm³/mol. The highest BCUT2D eigenvalue weighted by molar-refractivity contribution is 5.63. The Balaban J connectivity index is 1.53. The van der Waals surface area contributed by atoms with Gasteiger partial charge in [0.2, 0.25) is 0 Å². The Hall–Kier alpha value is -1.89. The van der Waals surface area contributed by atoms with E-state index >= 15 is 0 Å². The first-order valence-electron chi connectivity index (χ1n) is 9.51. The van der Waals surface area contributed by atoms with Crippen molar-refractivity contribution >= 4 is 0 Å². The van der Waals surface area contributed by atoms with Gasteiger partial charge in [-0.05, 0) is 44.3 Å². The number of H-pyrrole nitrogens is 1. The van der Waals surface area contributed by atoms with E-state index < -0.39 is 0 Å². The van der Waals surface area contributed by atoms with Crippen molar-refractivity contribution in [2.45, 2.75) is 19.9 Å². The number of aromatic nitrogens is 2. The number of ether oxygens (including phenoxy) is 2. The zero-order valence-electron chi connectivity index (χ0n) is 15.9. The van der Waals surface area contributed by atoms with E-state index in [1.807, 2.05) is 18.3 Å². The van der Waals surface area contributed by atoms with Gasteiger partial charge in [0.1, 0.15) is 12.4 Å². The maximum atomic E-state index is 5.89. The number of benzene rings is 1. The van der Waals surface area contributed by atoms with E-state index in [0.29, 0.717) is 6.61 Å². The van der Waals surface area contributed by atoms with Crippen LogP contribution in [0.1, 0.15) is 18.9 Å². The summed E-state index contributed by atoms with van der Waals surface area (Å²) < 4.78 is 11.3. The standard InChI is InChI=1S/C20H30N4O2/c1-3-8-23(2)16-18-15-21-22-20(18)17-4-6-19(7-5-17)26-14-11-24-9-12-25-13-10-24/h4-7,15H,3,8-14,16H2,1-2H3,(H,21,22). The molecule has 1 saturated heterocycles. The molecule has 1 aliphatic heterocycles. The lowest BCUT2D eigenvalue weighted by atomic mass is 10.1. The van der Waals surface area contributed by atoms with E-state index in [0.717, 1.165) is 69.4 Å². The third-order valence-corrected chi connectivity index (χ3v) is 4.67. The van der Waals surface area contributed by atoms with E-state index in [9.17, 15) is 0 Å². The Morgan fingerprint density at radius 3 is 2.73 bits per heavy atom. The minimum atomic E-state index is 0.703. The molecular formula is C20H30N4O2. The fourth-order valence-corrected chi connectivity index (χ4v) is 3.26. The van der Waals surface area contributed by atoms with Crippen molar-refractivity contribution in [1.29, 1.82) is 0 Å². The van der Waals surface area contributed by atoms with Crippen LogP contribution in [0.25, 0.3) is 11.3 Å². The lowest BCUT2D eigenvalue weighted by Gasteiger charge is -2.26. The third-order valence-electron chi connectivity index (χ3n) is 4.67. The second-order valence-corrected chi connectivity index (χ2v) is 6.82. The molecule has 1 aromatic heterocycles. The Kier molecular flexibility index (Phi) is 7.05. The molecule has 0 radical (unpaired) electrons. The molecule has 6 heteroatoms. The Bertz CT molecular complexity index is 650. The summed E-state index contributed by atoms with van der Waals surface area (Å²) in [6.45, 7) is 9.48. The quantitative estimate of drug-likeness (QED) is 0.747. The highest BCUT2D eigenvalue weighted by Crippen LogP contribution is 2.24. The molecule has 142 valence electrons. The average molecular weight is 358 g/mol. The first-order chi connectivity index (χ1) is 12.8. The molecule has 26 heavy (non-hydrogen) atoms. The average Bonchev–Trinajstić information content (AvgIpc) is 3.11. The molecule has 0 bridgehead atoms. The first-order valence-corrected chi connectivity index (χ1v) is 9.51. The number of nitrogens with one attached hydrogen (secondary N) is 1. The molecule has 6 nitrogen and oxygen atoms in total. The number of morpholine rings is 1. The molecule has 1 fully saturated rings. The number of nitrogens with zero attached hydrogens (tertiary/aromatic N) is 3. The van der Waals surface area contributed by atoms with Crippen molar-refractivity contribution in [3.05, 3.63) is 36.0 Å². The maximum absolute atomic E-state index is 5.89. The molecule has 0 spiro atoms. The molecule has 1 aromatic carbocycles. The smallest absolute Gasteiger partial charge is 0.119 e. The van der Waals surface area contributed by atoms with E-state index in [2.05, 4.69) is 46.1 Å². The van der Waals surface area contributed by atoms with Crippen LogP contribution in [-0.4, -0.2) is 73.0 Å². The molecule has 3 rings (SSSR count). The first kappa shape index (κ1) is 18.9. The zero-order chi connectivity index (χ0) is 18.2. The molecule has 2 heterocycles. The summed E-state index contributed by atoms with van der Waals surface area (Å²) in [4.78, 5) is 4.69. The van der Waals surface area contributed by atoms with Crippen LogP contribution in [0.4, 0.5) is 0 Å². The van der Waals surface area contributed by atoms with Crippen LogP contribution >= 0.6 is 0 Å². The molecule has 1 aliphatic rings. The molecule has 2 aromatic rings. The van der Waals surface area contributed by atoms with Crippen LogP contribution < -0.4 is 4.74 Å². The van der Waals surface area contributed by atoms with Gasteiger partial charge in [0, 0.05) is 43.5 Å². The summed E-state index contributed by atoms with van der Waals surface area (Å²) in [5.74, 6) is 0.905. The Morgan fingerprint density at radius 2 is 2.00 bits per heavy atom. The van der Waals surface area contributed by atoms with Gasteiger partial charge in [-0.3, -0.25) is 10.00 Å². The topological polar surface area (TPSA) is 53.6 Å². The molecule has 0 saturated carbocycles. The van der Waals surface area contributed by atoms with Gasteiger partial charge in [0.25, 0.3) is 0 Å². The summed E-state index contributed by atoms with van der Waals surface area (Å²) in [6.07, 6.45) is 3.15. The molecule has 0 aliphatic carbocycles. The van der Waals surface area contributed by atoms with Crippen molar-refractivity contribution in [1.82, 2.24) is 20.0 Å². The SMILES string of the molecule is CCCN(C)Cc1c[nH]nc1-c1ccc(OCCN2CCOCC2)cc1. The van der Waals surface area contributed by atoms with Crippen molar-refractivity contribution in [3.63, 3.8) is 0 Å². The van der Waals surface area contributed by atoms with Gasteiger partial charge in [-0.25, -0.2) is 0 Å². The minimum absolute atomic E-state index is 0.703. The maximum Gasteiger partial charge on any atom is 0.119 e. The normalized spacial score (nSPS) is 15.5. The highest BCUT2D eigenvalue weighted by Gasteiger charge is 2.12. The van der Waals surface area contributed by atoms with Crippen LogP contribution in [0.5, 0.6) is 5.75 Å². The van der Waals surface area contributed by atoms with Crippen molar-refractivity contribution in [2.75, 3.05) is 53.0 Å². The lowest BCUT2D eigenvalue weighted by molar-refractivity contribution is 0.0322. The zero-order valence-corrected chi connectivity index (χ0v) is 15.9. The summed E-state index contributed by atoms with van der Waals surface area (Å²) in [5.41, 5.74) is 3.36. The van der Waals surface area contributed by atoms with Gasteiger partial charge in [0.15, 0.2) is 0 Å². The summed E-state index contributed by atoms with van der Waals surface area (Å²) in [5, 5.41) is 7.45. The van der Waals surface area contributed by atoms with E-state index in [-0.39, 0.29) is 0 Å². The Labute approximate surface area is 156 Å². The van der Waals surface area contributed by atoms with Gasteiger partial charge in [-0.2, -0.15) is 5.10 Å². The second-order valence-electron chi connectivity index (χ2n) is 6.82. The monoisotopic (exact) mass is 358 g/mol. The summed E-state index contributed by atoms with van der Waals surface area (Å²) >= 11 is 0. The fraction of sp³-hybridized carbons (Fsp3) is 0.550. The van der Waals surface area contributed by atoms with Crippen LogP contribution in [0, 0.1) is 0 Å². The van der Waals surface area contributed by atoms with E-state index in [1.165, 1.54) is 5.56 Å². The molecular weight excluding hydrogens is 328 g/mol. The fourth-order valence-electron chi connectivity index (χ4n) is 3.26. The second kappa shape index (κ2) is 9.71. The van der Waals surface area contributed by atoms with Gasteiger partial charge < -0.3 is 14.4 Å². The Morgan fingerprint density at radius 1 is 1.23 bits per heavy atom. The van der Waals surface area contributed by atoms with Crippen LogP contribution in [0.2, 0.25) is 0 Å². The van der Waals surface area contributed by atoms with Crippen LogP contribution in [0.3, 0.4) is 0 Å². The largest absolute Gasteiger partial charge is 0.492 e. The van der Waals surface area contributed by atoms with Crippen LogP contribution in [0.15, 0.2) is 30.5 Å². The third kappa shape index (κ3) is 5.30. The summed E-state index contributed by atoms with van der Waals surface area (Å²) in [6, 6.07) is 8.23. The molecule has 0 atom stereocenters. The van der Waals surface area contributed by atoms with Gasteiger partial charge in [-0.15, -0.1) is 0 Å². The van der Waals surface area contributed by atoms with E-state index in [1.54, 1.807) is 0 Å². The predicted octanol–water partition coefficient (Wildman–Crippen LogP) is 2.63. The summed E-state index contributed by atoms with van der Waals surface area (Å²) in [7, 11) is 2.14. The molecule has 1 N–H and O–H groups in total.